The van der Waals surface area contributed by atoms with Crippen LogP contribution in [0.25, 0.3) is 0 Å². The van der Waals surface area contributed by atoms with E-state index in [0.717, 1.165) is 36.4 Å². The number of rotatable bonds is 3. The fourth-order valence-electron chi connectivity index (χ4n) is 2.80. The van der Waals surface area contributed by atoms with E-state index in [1.807, 2.05) is 0 Å². The smallest absolute Gasteiger partial charge is 0.207 e. The molecule has 0 radical (unpaired) electrons. The topological polar surface area (TPSA) is 0 Å². The zero-order valence-electron chi connectivity index (χ0n) is 12.5. The van der Waals surface area contributed by atoms with E-state index in [1.54, 1.807) is 0 Å². The maximum absolute atomic E-state index is 13.6. The lowest BCUT2D eigenvalue weighted by Crippen LogP contribution is -2.52. The first-order valence-electron chi connectivity index (χ1n) is 7.20. The van der Waals surface area contributed by atoms with Crippen LogP contribution in [0.2, 0.25) is 0 Å². The summed E-state index contributed by atoms with van der Waals surface area (Å²) in [4.78, 5) is 0. The Morgan fingerprint density at radius 2 is 0.560 bits per heavy atom. The van der Waals surface area contributed by atoms with Crippen LogP contribution >= 0.6 is 0 Å². The van der Waals surface area contributed by atoms with E-state index in [4.69, 9.17) is 0 Å². The Morgan fingerprint density at radius 1 is 0.360 bits per heavy atom. The van der Waals surface area contributed by atoms with Gasteiger partial charge >= 0.3 is 14.1 Å². The third kappa shape index (κ3) is 4.06. The molecule has 0 atom stereocenters. The molecule has 7 heteroatoms. The summed E-state index contributed by atoms with van der Waals surface area (Å²) in [5, 5.41) is 0. The fourth-order valence-corrected chi connectivity index (χ4v) is 5.91. The minimum atomic E-state index is -2.92. The van der Waals surface area contributed by atoms with Gasteiger partial charge in [-0.25, -0.2) is 26.3 Å². The molecule has 0 saturated heterocycles. The number of hydrogen-bond acceptors (Lipinski definition) is 0. The van der Waals surface area contributed by atoms with Crippen molar-refractivity contribution in [2.75, 3.05) is 0 Å². The first-order chi connectivity index (χ1) is 11.8. The van der Waals surface area contributed by atoms with E-state index in [1.165, 1.54) is 0 Å². The van der Waals surface area contributed by atoms with Crippen LogP contribution in [-0.4, -0.2) is 14.1 Å². The highest BCUT2D eigenvalue weighted by Gasteiger charge is 2.28. The summed E-state index contributed by atoms with van der Waals surface area (Å²) in [6, 6.07) is 7.97. The molecule has 3 rings (SSSR count). The molecule has 126 valence electrons. The van der Waals surface area contributed by atoms with Crippen LogP contribution < -0.4 is 13.3 Å². The molecule has 0 bridgehead atoms. The molecule has 0 aliphatic heterocycles. The molecule has 25 heavy (non-hydrogen) atoms. The Labute approximate surface area is 143 Å². The summed E-state index contributed by atoms with van der Waals surface area (Å²) >= 11 is -2.92. The molecule has 0 fully saturated rings. The van der Waals surface area contributed by atoms with Crippen molar-refractivity contribution < 1.29 is 26.3 Å². The summed E-state index contributed by atoms with van der Waals surface area (Å²) in [6.07, 6.45) is 0. The summed E-state index contributed by atoms with van der Waals surface area (Å²) < 4.78 is 82.0. The average Bonchev–Trinajstić information content (AvgIpc) is 2.44. The third-order valence-corrected chi connectivity index (χ3v) is 6.65. The highest BCUT2D eigenvalue weighted by atomic mass is 27.2. The Kier molecular flexibility index (Phi) is 4.89. The van der Waals surface area contributed by atoms with Gasteiger partial charge in [-0.2, -0.15) is 0 Å². The molecule has 0 unspecified atom stereocenters. The van der Waals surface area contributed by atoms with Crippen molar-refractivity contribution in [1.82, 2.24) is 0 Å². The normalized spacial score (nSPS) is 10.8. The van der Waals surface area contributed by atoms with Gasteiger partial charge in [0.1, 0.15) is 34.9 Å². The molecular weight excluding hydrogens is 357 g/mol. The van der Waals surface area contributed by atoms with Gasteiger partial charge in [0.2, 0.25) is 0 Å². The van der Waals surface area contributed by atoms with E-state index in [9.17, 15) is 26.3 Å². The zero-order chi connectivity index (χ0) is 18.1. The minimum Gasteiger partial charge on any atom is -0.207 e. The Balaban J connectivity index is 2.27. The SMILES string of the molecule is Fc1cc(F)c[c]([Al]([c]2cc(F)cc(F)c2)[c]2cc(F)cc(F)c2)c1. The molecule has 0 aliphatic rings. The van der Waals surface area contributed by atoms with E-state index in [2.05, 4.69) is 0 Å². The molecular formula is C18H9AlF6. The monoisotopic (exact) mass is 366 g/mol. The number of halogens is 6. The molecule has 0 aliphatic carbocycles. The lowest BCUT2D eigenvalue weighted by atomic mass is 10.3. The first-order valence-corrected chi connectivity index (χ1v) is 8.93. The molecule has 0 nitrogen and oxygen atoms in total. The predicted molar refractivity (Wildman–Crippen MR) is 83.7 cm³/mol. The van der Waals surface area contributed by atoms with Crippen LogP contribution in [0.1, 0.15) is 0 Å². The van der Waals surface area contributed by atoms with Crippen LogP contribution in [0, 0.1) is 34.9 Å². The molecule has 0 N–H and O–H groups in total. The second kappa shape index (κ2) is 6.95. The van der Waals surface area contributed by atoms with E-state index < -0.39 is 49.1 Å². The summed E-state index contributed by atoms with van der Waals surface area (Å²) in [6.45, 7) is 0. The van der Waals surface area contributed by atoms with Gasteiger partial charge in [-0.3, -0.25) is 0 Å². The summed E-state index contributed by atoms with van der Waals surface area (Å²) in [7, 11) is 0. The Morgan fingerprint density at radius 3 is 0.760 bits per heavy atom. The number of hydrogen-bond donors (Lipinski definition) is 0. The van der Waals surface area contributed by atoms with Gasteiger partial charge < -0.3 is 0 Å². The van der Waals surface area contributed by atoms with Crippen molar-refractivity contribution in [1.29, 1.82) is 0 Å². The summed E-state index contributed by atoms with van der Waals surface area (Å²) in [5.74, 6) is -5.33. The predicted octanol–water partition coefficient (Wildman–Crippen LogP) is 3.04. The van der Waals surface area contributed by atoms with Crippen molar-refractivity contribution in [2.24, 2.45) is 0 Å². The van der Waals surface area contributed by atoms with Crippen LogP contribution in [0.4, 0.5) is 26.3 Å². The van der Waals surface area contributed by atoms with Gasteiger partial charge in [0, 0.05) is 18.2 Å². The van der Waals surface area contributed by atoms with Gasteiger partial charge in [-0.05, 0) is 36.4 Å². The fraction of sp³-hybridized carbons (Fsp3) is 0. The molecule has 0 amide bonds. The molecule has 3 aromatic carbocycles. The van der Waals surface area contributed by atoms with Crippen LogP contribution in [-0.2, 0) is 0 Å². The van der Waals surface area contributed by atoms with Crippen LogP contribution in [0.5, 0.6) is 0 Å². The quantitative estimate of drug-likeness (QED) is 0.494. The second-order valence-electron chi connectivity index (χ2n) is 5.54. The van der Waals surface area contributed by atoms with Crippen molar-refractivity contribution >= 4 is 27.4 Å². The van der Waals surface area contributed by atoms with Crippen molar-refractivity contribution in [3.8, 4) is 0 Å². The van der Waals surface area contributed by atoms with Crippen LogP contribution in [0.15, 0.2) is 54.6 Å². The van der Waals surface area contributed by atoms with Gasteiger partial charge in [0.25, 0.3) is 0 Å². The standard InChI is InChI=1S/3C6H3F2.Al/c3*7-5-2-1-3-6(8)4-5;/h3*2-4H;. The molecule has 0 saturated carbocycles. The molecule has 3 aromatic rings. The maximum atomic E-state index is 13.6. The van der Waals surface area contributed by atoms with Gasteiger partial charge in [-0.15, -0.1) is 0 Å². The van der Waals surface area contributed by atoms with Crippen LogP contribution in [0.3, 0.4) is 0 Å². The van der Waals surface area contributed by atoms with Crippen molar-refractivity contribution in [3.05, 3.63) is 89.5 Å². The van der Waals surface area contributed by atoms with Crippen molar-refractivity contribution in [3.63, 3.8) is 0 Å². The average molecular weight is 366 g/mol. The van der Waals surface area contributed by atoms with Gasteiger partial charge in [-0.1, -0.05) is 13.3 Å². The summed E-state index contributed by atoms with van der Waals surface area (Å²) in [5.41, 5.74) is 0. The Hall–Kier alpha value is -2.23. The third-order valence-electron chi connectivity index (χ3n) is 3.65. The van der Waals surface area contributed by atoms with Gasteiger partial charge in [0.05, 0.1) is 0 Å². The second-order valence-corrected chi connectivity index (χ2v) is 8.41. The van der Waals surface area contributed by atoms with E-state index in [0.29, 0.717) is 18.2 Å². The minimum absolute atomic E-state index is 0.104. The van der Waals surface area contributed by atoms with Gasteiger partial charge in [0.15, 0.2) is 0 Å². The highest BCUT2D eigenvalue weighted by molar-refractivity contribution is 6.95. The largest absolute Gasteiger partial charge is 0.384 e. The maximum Gasteiger partial charge on any atom is 0.384 e. The number of benzene rings is 3. The molecule has 0 spiro atoms. The molecule has 0 aromatic heterocycles. The van der Waals surface area contributed by atoms with E-state index in [-0.39, 0.29) is 13.3 Å². The van der Waals surface area contributed by atoms with Crippen molar-refractivity contribution in [2.45, 2.75) is 0 Å². The first kappa shape index (κ1) is 17.6. The molecule has 0 heterocycles. The highest BCUT2D eigenvalue weighted by Crippen LogP contribution is 2.07. The lowest BCUT2D eigenvalue weighted by Gasteiger charge is -2.15. The zero-order valence-corrected chi connectivity index (χ0v) is 13.7. The van der Waals surface area contributed by atoms with E-state index >= 15 is 0 Å². The Bertz CT molecular complexity index is 758. The lowest BCUT2D eigenvalue weighted by molar-refractivity contribution is 0.585.